The van der Waals surface area contributed by atoms with Crippen LogP contribution in [0.5, 0.6) is 0 Å². The van der Waals surface area contributed by atoms with Crippen LogP contribution >= 0.6 is 0 Å². The van der Waals surface area contributed by atoms with Gasteiger partial charge in [0.1, 0.15) is 0 Å². The average molecular weight is 222 g/mol. The van der Waals surface area contributed by atoms with E-state index >= 15 is 0 Å². The summed E-state index contributed by atoms with van der Waals surface area (Å²) in [5.41, 5.74) is 6.80. The average Bonchev–Trinajstić information content (AvgIpc) is 2.34. The third kappa shape index (κ3) is 5.21. The van der Waals surface area contributed by atoms with Gasteiger partial charge in [0, 0.05) is 32.0 Å². The molecular formula is C12H22N4. The van der Waals surface area contributed by atoms with Gasteiger partial charge in [0.05, 0.1) is 0 Å². The molecule has 0 aromatic carbocycles. The molecule has 0 aliphatic carbocycles. The Morgan fingerprint density at radius 2 is 2.31 bits per heavy atom. The second-order valence-electron chi connectivity index (χ2n) is 3.88. The van der Waals surface area contributed by atoms with Crippen LogP contribution in [0.2, 0.25) is 0 Å². The van der Waals surface area contributed by atoms with Crippen molar-refractivity contribution in [1.29, 1.82) is 0 Å². The zero-order valence-corrected chi connectivity index (χ0v) is 10.0. The van der Waals surface area contributed by atoms with E-state index in [1.165, 1.54) is 5.56 Å². The summed E-state index contributed by atoms with van der Waals surface area (Å²) in [6, 6.07) is 4.09. The largest absolute Gasteiger partial charge is 0.330 e. The number of pyridine rings is 1. The normalized spacial score (nSPS) is 10.9. The maximum atomic E-state index is 5.54. The first kappa shape index (κ1) is 13.1. The minimum absolute atomic E-state index is 0.753. The molecule has 1 aromatic heterocycles. The van der Waals surface area contributed by atoms with Crippen LogP contribution in [0.4, 0.5) is 0 Å². The van der Waals surface area contributed by atoms with E-state index in [4.69, 9.17) is 5.73 Å². The molecule has 0 amide bonds. The predicted octanol–water partition coefficient (Wildman–Crippen LogP) is 0.452. The molecule has 16 heavy (non-hydrogen) atoms. The van der Waals surface area contributed by atoms with E-state index in [-0.39, 0.29) is 0 Å². The molecule has 0 saturated heterocycles. The minimum Gasteiger partial charge on any atom is -0.330 e. The van der Waals surface area contributed by atoms with E-state index in [1.807, 2.05) is 19.3 Å². The zero-order chi connectivity index (χ0) is 11.6. The summed E-state index contributed by atoms with van der Waals surface area (Å²) in [5, 5.41) is 3.17. The SMILES string of the molecule is CNCCN(CCCN)Cc1cccnc1. The number of aromatic nitrogens is 1. The Balaban J connectivity index is 2.42. The second kappa shape index (κ2) is 8.21. The Hall–Kier alpha value is -0.970. The number of nitrogens with zero attached hydrogens (tertiary/aromatic N) is 2. The number of hydrogen-bond acceptors (Lipinski definition) is 4. The van der Waals surface area contributed by atoms with Gasteiger partial charge < -0.3 is 11.1 Å². The first-order valence-corrected chi connectivity index (χ1v) is 5.82. The third-order valence-electron chi connectivity index (χ3n) is 2.49. The van der Waals surface area contributed by atoms with Crippen LogP contribution in [-0.2, 0) is 6.54 Å². The molecule has 0 aliphatic heterocycles. The Morgan fingerprint density at radius 3 is 2.94 bits per heavy atom. The van der Waals surface area contributed by atoms with Crippen LogP contribution in [0.1, 0.15) is 12.0 Å². The number of likely N-dealkylation sites (N-methyl/N-ethyl adjacent to an activating group) is 1. The van der Waals surface area contributed by atoms with E-state index in [2.05, 4.69) is 21.3 Å². The predicted molar refractivity (Wildman–Crippen MR) is 67.1 cm³/mol. The highest BCUT2D eigenvalue weighted by molar-refractivity contribution is 5.08. The van der Waals surface area contributed by atoms with Gasteiger partial charge in [-0.2, -0.15) is 0 Å². The summed E-state index contributed by atoms with van der Waals surface area (Å²) in [4.78, 5) is 6.53. The third-order valence-corrected chi connectivity index (χ3v) is 2.49. The fourth-order valence-corrected chi connectivity index (χ4v) is 1.60. The van der Waals surface area contributed by atoms with Crippen LogP contribution in [0.3, 0.4) is 0 Å². The quantitative estimate of drug-likeness (QED) is 0.670. The standard InChI is InChI=1S/C12H22N4/c1-14-7-9-16(8-3-5-13)11-12-4-2-6-15-10-12/h2,4,6,10,14H,3,5,7-9,11,13H2,1H3. The Morgan fingerprint density at radius 1 is 1.44 bits per heavy atom. The van der Waals surface area contributed by atoms with Gasteiger partial charge in [-0.1, -0.05) is 6.07 Å². The van der Waals surface area contributed by atoms with Crippen molar-refractivity contribution in [3.63, 3.8) is 0 Å². The van der Waals surface area contributed by atoms with Crippen LogP contribution in [0, 0.1) is 0 Å². The van der Waals surface area contributed by atoms with Gasteiger partial charge in [-0.05, 0) is 38.2 Å². The molecular weight excluding hydrogens is 200 g/mol. The first-order chi connectivity index (χ1) is 7.86. The molecule has 4 nitrogen and oxygen atoms in total. The molecule has 1 heterocycles. The lowest BCUT2D eigenvalue weighted by Gasteiger charge is -2.21. The van der Waals surface area contributed by atoms with E-state index in [0.29, 0.717) is 0 Å². The molecule has 0 bridgehead atoms. The molecule has 4 heteroatoms. The molecule has 0 radical (unpaired) electrons. The highest BCUT2D eigenvalue weighted by atomic mass is 15.1. The highest BCUT2D eigenvalue weighted by Crippen LogP contribution is 2.02. The van der Waals surface area contributed by atoms with Crippen molar-refractivity contribution < 1.29 is 0 Å². The Kier molecular flexibility index (Phi) is 6.72. The second-order valence-corrected chi connectivity index (χ2v) is 3.88. The van der Waals surface area contributed by atoms with Gasteiger partial charge in [-0.3, -0.25) is 9.88 Å². The topological polar surface area (TPSA) is 54.2 Å². The van der Waals surface area contributed by atoms with Crippen molar-refractivity contribution in [2.75, 3.05) is 33.2 Å². The molecule has 0 spiro atoms. The van der Waals surface area contributed by atoms with Crippen LogP contribution in [0.15, 0.2) is 24.5 Å². The van der Waals surface area contributed by atoms with Gasteiger partial charge in [-0.25, -0.2) is 0 Å². The van der Waals surface area contributed by atoms with Crippen LogP contribution < -0.4 is 11.1 Å². The van der Waals surface area contributed by atoms with E-state index < -0.39 is 0 Å². The smallest absolute Gasteiger partial charge is 0.0312 e. The van der Waals surface area contributed by atoms with Crippen LogP contribution in [-0.4, -0.2) is 43.1 Å². The monoisotopic (exact) mass is 222 g/mol. The van der Waals surface area contributed by atoms with Crippen molar-refractivity contribution in [1.82, 2.24) is 15.2 Å². The first-order valence-electron chi connectivity index (χ1n) is 5.82. The van der Waals surface area contributed by atoms with Crippen molar-refractivity contribution >= 4 is 0 Å². The van der Waals surface area contributed by atoms with Gasteiger partial charge in [0.25, 0.3) is 0 Å². The number of nitrogens with one attached hydrogen (secondary N) is 1. The fraction of sp³-hybridized carbons (Fsp3) is 0.583. The summed E-state index contributed by atoms with van der Waals surface area (Å²) < 4.78 is 0. The van der Waals surface area contributed by atoms with E-state index in [1.54, 1.807) is 6.20 Å². The molecule has 1 rings (SSSR count). The van der Waals surface area contributed by atoms with Gasteiger partial charge >= 0.3 is 0 Å². The molecule has 0 aliphatic rings. The van der Waals surface area contributed by atoms with Crippen molar-refractivity contribution in [2.24, 2.45) is 5.73 Å². The van der Waals surface area contributed by atoms with E-state index in [9.17, 15) is 0 Å². The molecule has 3 N–H and O–H groups in total. The molecule has 0 unspecified atom stereocenters. The Bertz CT molecular complexity index is 255. The number of nitrogens with two attached hydrogens (primary N) is 1. The summed E-state index contributed by atoms with van der Waals surface area (Å²) >= 11 is 0. The van der Waals surface area contributed by atoms with E-state index in [0.717, 1.165) is 39.1 Å². The summed E-state index contributed by atoms with van der Waals surface area (Å²) in [5.74, 6) is 0. The molecule has 0 fully saturated rings. The van der Waals surface area contributed by atoms with Crippen molar-refractivity contribution in [3.8, 4) is 0 Å². The lowest BCUT2D eigenvalue weighted by molar-refractivity contribution is 0.265. The lowest BCUT2D eigenvalue weighted by atomic mass is 10.2. The van der Waals surface area contributed by atoms with Crippen molar-refractivity contribution in [2.45, 2.75) is 13.0 Å². The summed E-state index contributed by atoms with van der Waals surface area (Å²) in [6.07, 6.45) is 4.78. The fourth-order valence-electron chi connectivity index (χ4n) is 1.60. The van der Waals surface area contributed by atoms with Gasteiger partial charge in [0.2, 0.25) is 0 Å². The zero-order valence-electron chi connectivity index (χ0n) is 10.0. The minimum atomic E-state index is 0.753. The summed E-state index contributed by atoms with van der Waals surface area (Å²) in [6.45, 7) is 4.81. The molecule has 0 saturated carbocycles. The molecule has 1 aromatic rings. The lowest BCUT2D eigenvalue weighted by Crippen LogP contribution is -2.32. The Labute approximate surface area is 97.9 Å². The van der Waals surface area contributed by atoms with Gasteiger partial charge in [-0.15, -0.1) is 0 Å². The van der Waals surface area contributed by atoms with Crippen molar-refractivity contribution in [3.05, 3.63) is 30.1 Å². The maximum Gasteiger partial charge on any atom is 0.0312 e. The van der Waals surface area contributed by atoms with Crippen LogP contribution in [0.25, 0.3) is 0 Å². The molecule has 0 atom stereocenters. The van der Waals surface area contributed by atoms with Gasteiger partial charge in [0.15, 0.2) is 0 Å². The number of hydrogen-bond donors (Lipinski definition) is 2. The molecule has 90 valence electrons. The highest BCUT2D eigenvalue weighted by Gasteiger charge is 2.04. The summed E-state index contributed by atoms with van der Waals surface area (Å²) in [7, 11) is 1.98. The maximum absolute atomic E-state index is 5.54. The number of rotatable bonds is 8.